The molecule has 12 nitrogen and oxygen atoms in total. The molecule has 216 valence electrons. The summed E-state index contributed by atoms with van der Waals surface area (Å²) in [7, 11) is 0. The first-order valence-electron chi connectivity index (χ1n) is 12.9. The number of carboxylic acid groups (broad SMARTS) is 4. The van der Waals surface area contributed by atoms with Gasteiger partial charge in [0.2, 0.25) is 5.91 Å². The number of hydrogen-bond acceptors (Lipinski definition) is 7. The number of carbonyl (C=O) groups is 5. The second-order valence-electron chi connectivity index (χ2n) is 9.30. The average Bonchev–Trinajstić information content (AvgIpc) is 2.93. The molecule has 1 unspecified atom stereocenters. The maximum atomic E-state index is 12.5. The zero-order valence-electron chi connectivity index (χ0n) is 22.2. The molecular formula is C27H39N3O9. The number of amides is 1. The van der Waals surface area contributed by atoms with E-state index < -0.39 is 23.9 Å². The first-order valence-corrected chi connectivity index (χ1v) is 12.9. The van der Waals surface area contributed by atoms with Gasteiger partial charge in [-0.05, 0) is 31.2 Å². The van der Waals surface area contributed by atoms with E-state index in [0.29, 0.717) is 5.92 Å². The van der Waals surface area contributed by atoms with Crippen LogP contribution in [0, 0.1) is 5.92 Å². The highest BCUT2D eigenvalue weighted by Gasteiger charge is 2.25. The molecule has 0 radical (unpaired) electrons. The third-order valence-electron chi connectivity index (χ3n) is 6.46. The second kappa shape index (κ2) is 18.5. The molecule has 0 bridgehead atoms. The summed E-state index contributed by atoms with van der Waals surface area (Å²) < 4.78 is 0. The van der Waals surface area contributed by atoms with E-state index in [0.717, 1.165) is 39.3 Å². The van der Waals surface area contributed by atoms with E-state index in [1.165, 1.54) is 37.7 Å². The van der Waals surface area contributed by atoms with Gasteiger partial charge >= 0.3 is 23.9 Å². The zero-order chi connectivity index (χ0) is 29.2. The number of carbonyl (C=O) groups excluding carboxylic acids is 1. The molecule has 1 aliphatic heterocycles. The Morgan fingerprint density at radius 3 is 1.85 bits per heavy atom. The van der Waals surface area contributed by atoms with Gasteiger partial charge in [0, 0.05) is 39.3 Å². The van der Waals surface area contributed by atoms with Crippen LogP contribution in [0.5, 0.6) is 0 Å². The number of benzene rings is 1. The Bertz CT molecular complexity index is 907. The lowest BCUT2D eigenvalue weighted by Crippen LogP contribution is -2.54. The van der Waals surface area contributed by atoms with E-state index in [2.05, 4.69) is 58.5 Å². The largest absolute Gasteiger partial charge is 0.473 e. The van der Waals surface area contributed by atoms with Crippen LogP contribution in [0.4, 0.5) is 0 Å². The van der Waals surface area contributed by atoms with E-state index >= 15 is 0 Å². The lowest BCUT2D eigenvalue weighted by atomic mass is 9.89. The summed E-state index contributed by atoms with van der Waals surface area (Å²) in [5.74, 6) is -6.39. The molecule has 2 aliphatic rings. The number of rotatable bonds is 7. The Balaban J connectivity index is 0.000000530. The van der Waals surface area contributed by atoms with Gasteiger partial charge in [0.1, 0.15) is 0 Å². The first kappa shape index (κ1) is 33.3. The number of hydrogen-bond donors (Lipinski definition) is 5. The van der Waals surface area contributed by atoms with E-state index in [4.69, 9.17) is 39.6 Å². The smallest absolute Gasteiger partial charge is 0.414 e. The Morgan fingerprint density at radius 2 is 1.36 bits per heavy atom. The highest BCUT2D eigenvalue weighted by Crippen LogP contribution is 2.22. The predicted molar refractivity (Wildman–Crippen MR) is 143 cm³/mol. The Morgan fingerprint density at radius 1 is 0.846 bits per heavy atom. The van der Waals surface area contributed by atoms with Crippen LogP contribution in [-0.2, 0) is 24.0 Å². The maximum absolute atomic E-state index is 12.5. The second-order valence-corrected chi connectivity index (χ2v) is 9.30. The normalized spacial score (nSPS) is 17.1. The lowest BCUT2D eigenvalue weighted by molar-refractivity contribution is -0.159. The molecule has 2 fully saturated rings. The summed E-state index contributed by atoms with van der Waals surface area (Å²) in [4.78, 5) is 53.7. The fraction of sp³-hybridized carbons (Fsp3) is 0.519. The minimum Gasteiger partial charge on any atom is -0.473 e. The molecule has 1 saturated carbocycles. The highest BCUT2D eigenvalue weighted by molar-refractivity contribution is 6.27. The molecule has 1 aromatic carbocycles. The molecule has 5 N–H and O–H groups in total. The SMILES string of the molecule is CC(C(=O)NCC1CCCCC1)N1CCN(C/C=C/c2ccccc2)CC1.O=C(O)C(=O)O.O=C(O)C(=O)O. The van der Waals surface area contributed by atoms with Gasteiger partial charge in [-0.25, -0.2) is 19.2 Å². The van der Waals surface area contributed by atoms with Crippen molar-refractivity contribution in [1.29, 1.82) is 0 Å². The predicted octanol–water partition coefficient (Wildman–Crippen LogP) is 1.71. The Labute approximate surface area is 227 Å². The highest BCUT2D eigenvalue weighted by atomic mass is 16.4. The summed E-state index contributed by atoms with van der Waals surface area (Å²) in [6, 6.07) is 10.4. The van der Waals surface area contributed by atoms with Crippen LogP contribution in [-0.4, -0.2) is 105 Å². The Kier molecular flexibility index (Phi) is 15.8. The third-order valence-corrected chi connectivity index (χ3v) is 6.46. The number of carboxylic acids is 4. The molecule has 0 aromatic heterocycles. The van der Waals surface area contributed by atoms with Crippen LogP contribution in [0.15, 0.2) is 36.4 Å². The average molecular weight is 550 g/mol. The summed E-state index contributed by atoms with van der Waals surface area (Å²) in [6.07, 6.45) is 11.0. The Hall–Kier alpha value is -3.77. The number of piperazine rings is 1. The molecule has 1 amide bonds. The van der Waals surface area contributed by atoms with Crippen LogP contribution < -0.4 is 5.32 Å². The van der Waals surface area contributed by atoms with Crippen molar-refractivity contribution in [3.63, 3.8) is 0 Å². The summed E-state index contributed by atoms with van der Waals surface area (Å²) in [5, 5.41) is 32.8. The minimum atomic E-state index is -1.82. The van der Waals surface area contributed by atoms with Crippen LogP contribution in [0.2, 0.25) is 0 Å². The van der Waals surface area contributed by atoms with Gasteiger partial charge < -0.3 is 25.7 Å². The van der Waals surface area contributed by atoms with E-state index in [-0.39, 0.29) is 11.9 Å². The molecule has 12 heteroatoms. The first-order chi connectivity index (χ1) is 18.5. The van der Waals surface area contributed by atoms with Crippen molar-refractivity contribution in [2.75, 3.05) is 39.3 Å². The van der Waals surface area contributed by atoms with Gasteiger partial charge in [-0.1, -0.05) is 61.7 Å². The van der Waals surface area contributed by atoms with Gasteiger partial charge in [-0.3, -0.25) is 14.6 Å². The quantitative estimate of drug-likeness (QED) is 0.312. The van der Waals surface area contributed by atoms with Gasteiger partial charge in [-0.15, -0.1) is 0 Å². The standard InChI is InChI=1S/C23H35N3O.2C2H2O4/c1-20(23(27)24-19-22-11-6-3-7-12-22)26-17-15-25(16-18-26)14-8-13-21-9-4-2-5-10-21;2*3-1(4)2(5)6/h2,4-5,8-10,13,20,22H,3,6-7,11-12,14-19H2,1H3,(H,24,27);2*(H,3,4)(H,5,6)/b13-8+;;. The summed E-state index contributed by atoms with van der Waals surface area (Å²) in [6.45, 7) is 7.90. The molecule has 0 spiro atoms. The van der Waals surface area contributed by atoms with Crippen molar-refractivity contribution in [3.8, 4) is 0 Å². The fourth-order valence-electron chi connectivity index (χ4n) is 4.18. The molecule has 1 heterocycles. The molecule has 1 aromatic rings. The molecule has 1 saturated heterocycles. The number of nitrogens with one attached hydrogen (secondary N) is 1. The van der Waals surface area contributed by atoms with Crippen LogP contribution in [0.3, 0.4) is 0 Å². The topological polar surface area (TPSA) is 185 Å². The zero-order valence-corrected chi connectivity index (χ0v) is 22.2. The maximum Gasteiger partial charge on any atom is 0.414 e. The van der Waals surface area contributed by atoms with Crippen molar-refractivity contribution in [2.24, 2.45) is 5.92 Å². The van der Waals surface area contributed by atoms with Crippen molar-refractivity contribution in [2.45, 2.75) is 45.1 Å². The molecule has 39 heavy (non-hydrogen) atoms. The summed E-state index contributed by atoms with van der Waals surface area (Å²) >= 11 is 0. The van der Waals surface area contributed by atoms with Gasteiger partial charge in [0.25, 0.3) is 0 Å². The lowest BCUT2D eigenvalue weighted by Gasteiger charge is -2.37. The van der Waals surface area contributed by atoms with Gasteiger partial charge in [0.15, 0.2) is 0 Å². The minimum absolute atomic E-state index is 0.0180. The van der Waals surface area contributed by atoms with Crippen LogP contribution in [0.1, 0.15) is 44.6 Å². The molecular weight excluding hydrogens is 510 g/mol. The molecule has 1 aliphatic carbocycles. The van der Waals surface area contributed by atoms with Crippen molar-refractivity contribution < 1.29 is 44.4 Å². The summed E-state index contributed by atoms with van der Waals surface area (Å²) in [5.41, 5.74) is 1.25. The molecule has 1 atom stereocenters. The van der Waals surface area contributed by atoms with E-state index in [9.17, 15) is 4.79 Å². The van der Waals surface area contributed by atoms with Crippen LogP contribution >= 0.6 is 0 Å². The third kappa shape index (κ3) is 14.7. The van der Waals surface area contributed by atoms with E-state index in [1.54, 1.807) is 0 Å². The number of nitrogens with zero attached hydrogens (tertiary/aromatic N) is 2. The monoisotopic (exact) mass is 549 g/mol. The van der Waals surface area contributed by atoms with Crippen molar-refractivity contribution >= 4 is 35.9 Å². The van der Waals surface area contributed by atoms with Crippen LogP contribution in [0.25, 0.3) is 6.08 Å². The number of aliphatic carboxylic acids is 4. The van der Waals surface area contributed by atoms with Crippen molar-refractivity contribution in [1.82, 2.24) is 15.1 Å². The van der Waals surface area contributed by atoms with Crippen molar-refractivity contribution in [3.05, 3.63) is 42.0 Å². The van der Waals surface area contributed by atoms with Gasteiger partial charge in [0.05, 0.1) is 6.04 Å². The fourth-order valence-corrected chi connectivity index (χ4v) is 4.18. The van der Waals surface area contributed by atoms with E-state index in [1.807, 2.05) is 6.07 Å². The molecule has 3 rings (SSSR count). The van der Waals surface area contributed by atoms with Gasteiger partial charge in [-0.2, -0.15) is 0 Å².